The number of rotatable bonds is 42. The second-order valence-electron chi connectivity index (χ2n) is 17.6. The first-order chi connectivity index (χ1) is 29.8. The molecule has 7 atom stereocenters. The van der Waals surface area contributed by atoms with E-state index in [0.29, 0.717) is 6.42 Å². The number of hydrogen-bond acceptors (Lipinski definition) is 8. The SMILES string of the molecule is CCCCCCCCCC/C=C\CCCCCCCCCC(=O)NC(COC1OC(CO)C(O)C(O)C1O)C(O)/C=C/CC/C=C/CC/C=C/CCCCCCCCCCC. The first kappa shape index (κ1) is 57.2. The maximum absolute atomic E-state index is 13.0. The summed E-state index contributed by atoms with van der Waals surface area (Å²) in [4.78, 5) is 13.0. The zero-order chi connectivity index (χ0) is 44.4. The van der Waals surface area contributed by atoms with E-state index < -0.39 is 49.5 Å². The molecule has 1 fully saturated rings. The predicted molar refractivity (Wildman–Crippen MR) is 253 cm³/mol. The monoisotopic (exact) mass is 862 g/mol. The van der Waals surface area contributed by atoms with Gasteiger partial charge in [-0.05, 0) is 70.6 Å². The minimum Gasteiger partial charge on any atom is -0.394 e. The van der Waals surface area contributed by atoms with Crippen LogP contribution in [0.2, 0.25) is 0 Å². The lowest BCUT2D eigenvalue weighted by atomic mass is 9.99. The second-order valence-corrected chi connectivity index (χ2v) is 17.6. The molecule has 356 valence electrons. The Kier molecular flexibility index (Phi) is 39.5. The summed E-state index contributed by atoms with van der Waals surface area (Å²) in [5, 5.41) is 54.3. The molecule has 1 amide bonds. The van der Waals surface area contributed by atoms with Gasteiger partial charge >= 0.3 is 0 Å². The van der Waals surface area contributed by atoms with E-state index in [1.54, 1.807) is 6.08 Å². The molecule has 0 aromatic carbocycles. The molecule has 1 aliphatic rings. The molecule has 0 bridgehead atoms. The largest absolute Gasteiger partial charge is 0.394 e. The molecule has 9 nitrogen and oxygen atoms in total. The van der Waals surface area contributed by atoms with Gasteiger partial charge in [-0.25, -0.2) is 0 Å². The molecule has 6 N–H and O–H groups in total. The zero-order valence-corrected chi connectivity index (χ0v) is 39.2. The van der Waals surface area contributed by atoms with Gasteiger partial charge in [0.05, 0.1) is 25.4 Å². The summed E-state index contributed by atoms with van der Waals surface area (Å²) >= 11 is 0. The van der Waals surface area contributed by atoms with Gasteiger partial charge in [0.1, 0.15) is 24.4 Å². The minimum atomic E-state index is -1.58. The average molecular weight is 862 g/mol. The van der Waals surface area contributed by atoms with Crippen LogP contribution in [0.5, 0.6) is 0 Å². The molecule has 0 aliphatic carbocycles. The number of carbonyl (C=O) groups is 1. The fourth-order valence-corrected chi connectivity index (χ4v) is 7.77. The van der Waals surface area contributed by atoms with Crippen molar-refractivity contribution in [3.8, 4) is 0 Å². The Morgan fingerprint density at radius 3 is 1.38 bits per heavy atom. The molecule has 1 saturated heterocycles. The fraction of sp³-hybridized carbons (Fsp3) is 0.827. The molecule has 0 saturated carbocycles. The number of carbonyl (C=O) groups excluding carboxylic acids is 1. The lowest BCUT2D eigenvalue weighted by molar-refractivity contribution is -0.302. The molecule has 0 aromatic rings. The van der Waals surface area contributed by atoms with Gasteiger partial charge in [0.2, 0.25) is 5.91 Å². The van der Waals surface area contributed by atoms with E-state index in [9.17, 15) is 30.3 Å². The van der Waals surface area contributed by atoms with Crippen LogP contribution in [0.1, 0.15) is 219 Å². The van der Waals surface area contributed by atoms with Crippen LogP contribution < -0.4 is 5.32 Å². The number of aliphatic hydroxyl groups excluding tert-OH is 5. The Bertz CT molecular complexity index is 1090. The van der Waals surface area contributed by atoms with Crippen LogP contribution in [0, 0.1) is 0 Å². The van der Waals surface area contributed by atoms with Gasteiger partial charge in [-0.2, -0.15) is 0 Å². The number of ether oxygens (including phenoxy) is 2. The summed E-state index contributed by atoms with van der Waals surface area (Å²) in [5.74, 6) is -0.196. The lowest BCUT2D eigenvalue weighted by Crippen LogP contribution is -2.60. The van der Waals surface area contributed by atoms with Crippen LogP contribution in [-0.2, 0) is 14.3 Å². The van der Waals surface area contributed by atoms with E-state index in [2.05, 4.69) is 55.6 Å². The molecule has 7 unspecified atom stereocenters. The average Bonchev–Trinajstić information content (AvgIpc) is 3.26. The van der Waals surface area contributed by atoms with Crippen LogP contribution in [0.4, 0.5) is 0 Å². The fourth-order valence-electron chi connectivity index (χ4n) is 7.77. The lowest BCUT2D eigenvalue weighted by Gasteiger charge is -2.40. The van der Waals surface area contributed by atoms with E-state index in [1.165, 1.54) is 141 Å². The van der Waals surface area contributed by atoms with Crippen molar-refractivity contribution in [2.75, 3.05) is 13.2 Å². The van der Waals surface area contributed by atoms with Crippen LogP contribution >= 0.6 is 0 Å². The first-order valence-electron chi connectivity index (χ1n) is 25.4. The quantitative estimate of drug-likeness (QED) is 0.0262. The molecule has 0 spiro atoms. The van der Waals surface area contributed by atoms with Crippen molar-refractivity contribution in [1.29, 1.82) is 0 Å². The van der Waals surface area contributed by atoms with Gasteiger partial charge in [0.15, 0.2) is 6.29 Å². The van der Waals surface area contributed by atoms with Crippen molar-refractivity contribution < 1.29 is 39.8 Å². The van der Waals surface area contributed by atoms with Gasteiger partial charge < -0.3 is 40.3 Å². The number of allylic oxidation sites excluding steroid dienone is 7. The Balaban J connectivity index is 2.35. The maximum Gasteiger partial charge on any atom is 0.220 e. The maximum atomic E-state index is 13.0. The van der Waals surface area contributed by atoms with Crippen molar-refractivity contribution in [3.63, 3.8) is 0 Å². The van der Waals surface area contributed by atoms with Crippen molar-refractivity contribution in [1.82, 2.24) is 5.32 Å². The van der Waals surface area contributed by atoms with Crippen molar-refractivity contribution in [2.45, 2.75) is 262 Å². The van der Waals surface area contributed by atoms with E-state index in [-0.39, 0.29) is 12.5 Å². The zero-order valence-electron chi connectivity index (χ0n) is 39.2. The normalized spacial score (nSPS) is 20.8. The third-order valence-corrected chi connectivity index (χ3v) is 11.9. The second kappa shape index (κ2) is 42.1. The Hall–Kier alpha value is -1.85. The van der Waals surface area contributed by atoms with Crippen LogP contribution in [0.3, 0.4) is 0 Å². The molecule has 0 radical (unpaired) electrons. The van der Waals surface area contributed by atoms with Gasteiger partial charge in [0.25, 0.3) is 0 Å². The third kappa shape index (κ3) is 32.5. The molecule has 61 heavy (non-hydrogen) atoms. The van der Waals surface area contributed by atoms with Gasteiger partial charge in [0, 0.05) is 6.42 Å². The Labute approximate surface area is 373 Å². The van der Waals surface area contributed by atoms with Crippen molar-refractivity contribution in [2.24, 2.45) is 0 Å². The molecular weight excluding hydrogens is 767 g/mol. The molecule has 9 heteroatoms. The molecule has 1 rings (SSSR count). The smallest absolute Gasteiger partial charge is 0.220 e. The molecule has 0 aromatic heterocycles. The van der Waals surface area contributed by atoms with Gasteiger partial charge in [-0.1, -0.05) is 191 Å². The number of unbranched alkanes of at least 4 members (excludes halogenated alkanes) is 26. The third-order valence-electron chi connectivity index (χ3n) is 11.9. The standard InChI is InChI=1S/C52H95NO8/c1-3-5-7-9-11-13-15-17-19-21-23-25-27-29-31-33-35-37-39-41-46(55)45(44-60-52-51(59)50(58)49(57)47(43-54)61-52)53-48(56)42-40-38-36-34-32-30-28-26-24-22-20-18-16-14-12-10-8-6-4-2/h22-25,31,33,39,41,45-47,49-52,54-55,57-59H,3-21,26-30,32,34-38,40,42-44H2,1-2H3,(H,53,56)/b24-22-,25-23+,33-31+,41-39+. The summed E-state index contributed by atoms with van der Waals surface area (Å²) in [6, 6.07) is -0.830. The molecule has 1 aliphatic heterocycles. The highest BCUT2D eigenvalue weighted by molar-refractivity contribution is 5.76. The highest BCUT2D eigenvalue weighted by Crippen LogP contribution is 2.22. The van der Waals surface area contributed by atoms with Crippen LogP contribution in [0.25, 0.3) is 0 Å². The molecule has 1 heterocycles. The van der Waals surface area contributed by atoms with Crippen LogP contribution in [0.15, 0.2) is 48.6 Å². The van der Waals surface area contributed by atoms with Crippen molar-refractivity contribution in [3.05, 3.63) is 48.6 Å². The summed E-state index contributed by atoms with van der Waals surface area (Å²) < 4.78 is 11.2. The first-order valence-corrected chi connectivity index (χ1v) is 25.4. The van der Waals surface area contributed by atoms with E-state index in [0.717, 1.165) is 57.8 Å². The highest BCUT2D eigenvalue weighted by Gasteiger charge is 2.44. The number of amides is 1. The van der Waals surface area contributed by atoms with E-state index in [4.69, 9.17) is 9.47 Å². The number of nitrogens with one attached hydrogen (secondary N) is 1. The van der Waals surface area contributed by atoms with E-state index >= 15 is 0 Å². The number of hydrogen-bond donors (Lipinski definition) is 6. The summed E-state index contributed by atoms with van der Waals surface area (Å²) in [5.41, 5.74) is 0. The topological polar surface area (TPSA) is 149 Å². The van der Waals surface area contributed by atoms with Crippen molar-refractivity contribution >= 4 is 5.91 Å². The predicted octanol–water partition coefficient (Wildman–Crippen LogP) is 11.4. The highest BCUT2D eigenvalue weighted by atomic mass is 16.7. The Morgan fingerprint density at radius 2 is 0.934 bits per heavy atom. The summed E-state index contributed by atoms with van der Waals surface area (Å²) in [7, 11) is 0. The summed E-state index contributed by atoms with van der Waals surface area (Å²) in [6.45, 7) is 3.75. The molecular formula is C52H95NO8. The number of aliphatic hydroxyl groups is 5. The summed E-state index contributed by atoms with van der Waals surface area (Å²) in [6.07, 6.45) is 47.3. The minimum absolute atomic E-state index is 0.196. The Morgan fingerprint density at radius 1 is 0.541 bits per heavy atom. The van der Waals surface area contributed by atoms with Gasteiger partial charge in [-0.15, -0.1) is 0 Å². The van der Waals surface area contributed by atoms with Gasteiger partial charge in [-0.3, -0.25) is 4.79 Å². The van der Waals surface area contributed by atoms with E-state index in [1.807, 2.05) is 6.08 Å². The van der Waals surface area contributed by atoms with Crippen LogP contribution in [-0.4, -0.2) is 87.5 Å².